The van der Waals surface area contributed by atoms with Gasteiger partial charge in [0.25, 0.3) is 0 Å². The molecule has 1 aromatic rings. The fourth-order valence-corrected chi connectivity index (χ4v) is 2.46. The lowest BCUT2D eigenvalue weighted by Gasteiger charge is -2.30. The maximum absolute atomic E-state index is 13.4. The van der Waals surface area contributed by atoms with Crippen LogP contribution < -0.4 is 5.73 Å². The molecule has 110 valence electrons. The lowest BCUT2D eigenvalue weighted by molar-refractivity contribution is 0.0218. The number of likely N-dealkylation sites (tertiary alicyclic amines) is 1. The highest BCUT2D eigenvalue weighted by atomic mass is 19.1. The Morgan fingerprint density at radius 2 is 2.15 bits per heavy atom. The van der Waals surface area contributed by atoms with Crippen LogP contribution in [0.4, 0.5) is 9.18 Å². The molecule has 0 bridgehead atoms. The smallest absolute Gasteiger partial charge is 0.410 e. The first kappa shape index (κ1) is 14.8. The van der Waals surface area contributed by atoms with Crippen LogP contribution in [0.1, 0.15) is 38.8 Å². The molecule has 0 saturated carbocycles. The molecule has 1 aliphatic rings. The third kappa shape index (κ3) is 3.28. The monoisotopic (exact) mass is 280 g/mol. The number of ether oxygens (including phenoxy) is 1. The summed E-state index contributed by atoms with van der Waals surface area (Å²) in [6.45, 7) is 5.98. The van der Waals surface area contributed by atoms with Crippen LogP contribution in [0, 0.1) is 5.82 Å². The van der Waals surface area contributed by atoms with Crippen molar-refractivity contribution >= 4 is 6.09 Å². The van der Waals surface area contributed by atoms with Crippen molar-refractivity contribution in [2.24, 2.45) is 5.73 Å². The van der Waals surface area contributed by atoms with E-state index in [0.717, 1.165) is 0 Å². The molecule has 2 unspecified atom stereocenters. The molecule has 0 aromatic heterocycles. The highest BCUT2D eigenvalue weighted by Crippen LogP contribution is 2.32. The van der Waals surface area contributed by atoms with Crippen molar-refractivity contribution in [3.05, 3.63) is 35.6 Å². The number of amides is 1. The van der Waals surface area contributed by atoms with Gasteiger partial charge in [-0.15, -0.1) is 0 Å². The van der Waals surface area contributed by atoms with E-state index in [9.17, 15) is 9.18 Å². The maximum atomic E-state index is 13.4. The fourth-order valence-electron chi connectivity index (χ4n) is 2.46. The van der Waals surface area contributed by atoms with E-state index in [1.807, 2.05) is 20.8 Å². The zero-order chi connectivity index (χ0) is 14.9. The molecule has 1 heterocycles. The minimum absolute atomic E-state index is 0.204. The van der Waals surface area contributed by atoms with Gasteiger partial charge in [0.1, 0.15) is 11.4 Å². The summed E-state index contributed by atoms with van der Waals surface area (Å²) >= 11 is 0. The van der Waals surface area contributed by atoms with Gasteiger partial charge in [0.05, 0.1) is 6.04 Å². The van der Waals surface area contributed by atoms with Crippen LogP contribution in [-0.2, 0) is 4.74 Å². The van der Waals surface area contributed by atoms with Crippen molar-refractivity contribution in [3.8, 4) is 0 Å². The molecule has 5 heteroatoms. The second-order valence-electron chi connectivity index (χ2n) is 6.13. The number of nitrogens with two attached hydrogens (primary N) is 1. The van der Waals surface area contributed by atoms with Crippen LogP contribution in [0.15, 0.2) is 24.3 Å². The fraction of sp³-hybridized carbons (Fsp3) is 0.533. The largest absolute Gasteiger partial charge is 0.444 e. The number of nitrogens with zero attached hydrogens (tertiary/aromatic N) is 1. The highest BCUT2D eigenvalue weighted by molar-refractivity contribution is 5.69. The molecule has 1 aromatic carbocycles. The molecule has 0 aliphatic carbocycles. The normalized spacial score (nSPS) is 22.9. The van der Waals surface area contributed by atoms with E-state index in [4.69, 9.17) is 10.5 Å². The summed E-state index contributed by atoms with van der Waals surface area (Å²) in [6, 6.07) is 5.68. The van der Waals surface area contributed by atoms with Crippen molar-refractivity contribution in [1.82, 2.24) is 4.90 Å². The lowest BCUT2D eigenvalue weighted by Crippen LogP contribution is -2.39. The van der Waals surface area contributed by atoms with E-state index >= 15 is 0 Å². The Morgan fingerprint density at radius 1 is 1.45 bits per heavy atom. The molecule has 2 rings (SSSR count). The standard InChI is InChI=1S/C15H21FN2O2/c1-15(2,3)20-14(19)18-8-7-12(17)13(18)10-5-4-6-11(16)9-10/h4-6,9,12-13H,7-8,17H2,1-3H3. The number of rotatable bonds is 1. The number of carbonyl (C=O) groups is 1. The maximum Gasteiger partial charge on any atom is 0.410 e. The van der Waals surface area contributed by atoms with E-state index in [1.165, 1.54) is 12.1 Å². The number of hydrogen-bond donors (Lipinski definition) is 1. The van der Waals surface area contributed by atoms with Gasteiger partial charge in [-0.05, 0) is 44.9 Å². The summed E-state index contributed by atoms with van der Waals surface area (Å²) in [6.07, 6.45) is 0.278. The third-order valence-corrected chi connectivity index (χ3v) is 3.26. The number of benzene rings is 1. The SMILES string of the molecule is CC(C)(C)OC(=O)N1CCC(N)C1c1cccc(F)c1. The van der Waals surface area contributed by atoms with E-state index in [-0.39, 0.29) is 17.9 Å². The van der Waals surface area contributed by atoms with Crippen molar-refractivity contribution in [1.29, 1.82) is 0 Å². The summed E-state index contributed by atoms with van der Waals surface area (Å²) in [5.74, 6) is -0.328. The van der Waals surface area contributed by atoms with Gasteiger partial charge in [0.15, 0.2) is 0 Å². The van der Waals surface area contributed by atoms with Gasteiger partial charge in [-0.2, -0.15) is 0 Å². The first-order valence-electron chi connectivity index (χ1n) is 6.78. The van der Waals surface area contributed by atoms with Crippen molar-refractivity contribution < 1.29 is 13.9 Å². The topological polar surface area (TPSA) is 55.6 Å². The molecule has 4 nitrogen and oxygen atoms in total. The van der Waals surface area contributed by atoms with Crippen molar-refractivity contribution in [3.63, 3.8) is 0 Å². The Bertz CT molecular complexity index is 499. The summed E-state index contributed by atoms with van der Waals surface area (Å²) in [4.78, 5) is 13.8. The van der Waals surface area contributed by atoms with Gasteiger partial charge in [0, 0.05) is 12.6 Å². The molecule has 1 saturated heterocycles. The van der Waals surface area contributed by atoms with Gasteiger partial charge >= 0.3 is 6.09 Å². The summed E-state index contributed by atoms with van der Waals surface area (Å²) in [5, 5.41) is 0. The molecular weight excluding hydrogens is 259 g/mol. The number of hydrogen-bond acceptors (Lipinski definition) is 3. The molecule has 2 N–H and O–H groups in total. The van der Waals surface area contributed by atoms with E-state index < -0.39 is 11.7 Å². The van der Waals surface area contributed by atoms with Crippen LogP contribution in [-0.4, -0.2) is 29.2 Å². The molecule has 1 fully saturated rings. The molecule has 1 amide bonds. The van der Waals surface area contributed by atoms with E-state index in [1.54, 1.807) is 17.0 Å². The first-order valence-corrected chi connectivity index (χ1v) is 6.78. The van der Waals surface area contributed by atoms with Crippen LogP contribution in [0.25, 0.3) is 0 Å². The van der Waals surface area contributed by atoms with Crippen LogP contribution >= 0.6 is 0 Å². The van der Waals surface area contributed by atoms with Gasteiger partial charge < -0.3 is 10.5 Å². The Morgan fingerprint density at radius 3 is 2.75 bits per heavy atom. The Balaban J connectivity index is 2.23. The summed E-state index contributed by atoms with van der Waals surface area (Å²) in [7, 11) is 0. The molecule has 20 heavy (non-hydrogen) atoms. The Hall–Kier alpha value is -1.62. The van der Waals surface area contributed by atoms with Crippen molar-refractivity contribution in [2.75, 3.05) is 6.54 Å². The van der Waals surface area contributed by atoms with Crippen molar-refractivity contribution in [2.45, 2.75) is 44.9 Å². The zero-order valence-corrected chi connectivity index (χ0v) is 12.1. The van der Waals surface area contributed by atoms with Gasteiger partial charge in [0.2, 0.25) is 0 Å². The molecular formula is C15H21FN2O2. The Labute approximate surface area is 118 Å². The zero-order valence-electron chi connectivity index (χ0n) is 12.1. The van der Waals surface area contributed by atoms with Gasteiger partial charge in [-0.25, -0.2) is 9.18 Å². The molecule has 1 aliphatic heterocycles. The molecule has 0 radical (unpaired) electrons. The highest BCUT2D eigenvalue weighted by Gasteiger charge is 2.38. The minimum atomic E-state index is -0.559. The van der Waals surface area contributed by atoms with Gasteiger partial charge in [-0.3, -0.25) is 4.90 Å². The number of halogens is 1. The van der Waals surface area contributed by atoms with E-state index in [0.29, 0.717) is 18.5 Å². The van der Waals surface area contributed by atoms with Crippen LogP contribution in [0.5, 0.6) is 0 Å². The van der Waals surface area contributed by atoms with Crippen LogP contribution in [0.3, 0.4) is 0 Å². The van der Waals surface area contributed by atoms with E-state index in [2.05, 4.69) is 0 Å². The molecule has 2 atom stereocenters. The quantitative estimate of drug-likeness (QED) is 0.860. The predicted molar refractivity (Wildman–Crippen MR) is 74.7 cm³/mol. The first-order chi connectivity index (χ1) is 9.28. The number of carbonyl (C=O) groups excluding carboxylic acids is 1. The average molecular weight is 280 g/mol. The minimum Gasteiger partial charge on any atom is -0.444 e. The lowest BCUT2D eigenvalue weighted by atomic mass is 10.0. The third-order valence-electron chi connectivity index (χ3n) is 3.26. The summed E-state index contributed by atoms with van der Waals surface area (Å²) in [5.41, 5.74) is 6.23. The van der Waals surface area contributed by atoms with Crippen LogP contribution in [0.2, 0.25) is 0 Å². The average Bonchev–Trinajstić information content (AvgIpc) is 2.69. The molecule has 0 spiro atoms. The van der Waals surface area contributed by atoms with Gasteiger partial charge in [-0.1, -0.05) is 12.1 Å². The Kier molecular flexibility index (Phi) is 3.99. The summed E-state index contributed by atoms with van der Waals surface area (Å²) < 4.78 is 18.8. The predicted octanol–water partition coefficient (Wildman–Crippen LogP) is 2.83. The second-order valence-corrected chi connectivity index (χ2v) is 6.13. The second kappa shape index (κ2) is 5.40.